The van der Waals surface area contributed by atoms with Crippen LogP contribution in [0, 0.1) is 10.1 Å². The number of carbonyl (C=O) groups is 1. The van der Waals surface area contributed by atoms with Gasteiger partial charge in [0.2, 0.25) is 5.52 Å². The summed E-state index contributed by atoms with van der Waals surface area (Å²) in [6.45, 7) is 0. The number of aromatic nitrogens is 2. The van der Waals surface area contributed by atoms with E-state index in [9.17, 15) is 20.0 Å². The normalized spacial score (nSPS) is 10.8. The molecule has 0 aliphatic rings. The minimum absolute atomic E-state index is 0.0152. The topological polar surface area (TPSA) is 119 Å². The quantitative estimate of drug-likeness (QED) is 0.575. The highest BCUT2D eigenvalue weighted by Gasteiger charge is 2.26. The summed E-state index contributed by atoms with van der Waals surface area (Å²) in [5, 5.41) is 27.8. The number of hydrogen-bond acceptors (Lipinski definition) is 6. The van der Waals surface area contributed by atoms with Crippen LogP contribution in [0.1, 0.15) is 21.5 Å². The summed E-state index contributed by atoms with van der Waals surface area (Å²) in [5.41, 5.74) is 0.452. The molecule has 0 bridgehead atoms. The number of benzene rings is 2. The van der Waals surface area contributed by atoms with Crippen LogP contribution in [-0.2, 0) is 6.42 Å². The summed E-state index contributed by atoms with van der Waals surface area (Å²) in [4.78, 5) is 22.1. The third kappa shape index (κ3) is 2.59. The van der Waals surface area contributed by atoms with E-state index in [1.807, 2.05) is 0 Å². The number of fused-ring (bicyclic) bond motifs is 1. The number of nitrogens with zero attached hydrogens (tertiary/aromatic N) is 3. The summed E-state index contributed by atoms with van der Waals surface area (Å²) in [5.74, 6) is -1.11. The van der Waals surface area contributed by atoms with Crippen molar-refractivity contribution in [1.82, 2.24) is 10.3 Å². The Kier molecular flexibility index (Phi) is 3.67. The fourth-order valence-corrected chi connectivity index (χ4v) is 2.62. The van der Waals surface area contributed by atoms with Gasteiger partial charge in [0.25, 0.3) is 0 Å². The zero-order valence-corrected chi connectivity index (χ0v) is 12.1. The maximum absolute atomic E-state index is 11.4. The Bertz CT molecular complexity index is 937. The average Bonchev–Trinajstić information content (AvgIpc) is 2.97. The summed E-state index contributed by atoms with van der Waals surface area (Å²) in [6.07, 6.45) is 0.0152. The number of hydrogen-bond donors (Lipinski definition) is 1. The van der Waals surface area contributed by atoms with Gasteiger partial charge >= 0.3 is 11.7 Å². The highest BCUT2D eigenvalue weighted by atomic mass is 35.5. The van der Waals surface area contributed by atoms with Crippen molar-refractivity contribution < 1.29 is 19.5 Å². The summed E-state index contributed by atoms with van der Waals surface area (Å²) in [7, 11) is 0. The lowest BCUT2D eigenvalue weighted by molar-refractivity contribution is -0.383. The molecule has 23 heavy (non-hydrogen) atoms. The van der Waals surface area contributed by atoms with Crippen LogP contribution in [0.5, 0.6) is 0 Å². The maximum atomic E-state index is 11.4. The van der Waals surface area contributed by atoms with Gasteiger partial charge in [-0.25, -0.2) is 9.42 Å². The first-order valence-electron chi connectivity index (χ1n) is 6.38. The number of carboxylic acids is 1. The molecular weight excluding hydrogens is 326 g/mol. The van der Waals surface area contributed by atoms with Crippen LogP contribution >= 0.6 is 11.6 Å². The zero-order chi connectivity index (χ0) is 16.6. The second-order valence-corrected chi connectivity index (χ2v) is 5.13. The first kappa shape index (κ1) is 14.9. The molecule has 0 radical (unpaired) electrons. The van der Waals surface area contributed by atoms with Crippen molar-refractivity contribution >= 4 is 34.3 Å². The Balaban J connectivity index is 2.19. The third-order valence-electron chi connectivity index (χ3n) is 3.36. The molecule has 0 unspecified atom stereocenters. The second kappa shape index (κ2) is 5.65. The molecule has 1 heterocycles. The first-order valence-corrected chi connectivity index (χ1v) is 6.76. The Morgan fingerprint density at radius 1 is 1.26 bits per heavy atom. The van der Waals surface area contributed by atoms with Crippen molar-refractivity contribution in [3.63, 3.8) is 0 Å². The Hall–Kier alpha value is -3.00. The summed E-state index contributed by atoms with van der Waals surface area (Å²) in [6, 6.07) is 7.64. The number of halogens is 1. The summed E-state index contributed by atoms with van der Waals surface area (Å²) < 4.78 is 4.52. The average molecular weight is 334 g/mol. The van der Waals surface area contributed by atoms with Gasteiger partial charge in [0, 0.05) is 12.0 Å². The highest BCUT2D eigenvalue weighted by Crippen LogP contribution is 2.34. The van der Waals surface area contributed by atoms with Crippen LogP contribution in [0.2, 0.25) is 5.02 Å². The van der Waals surface area contributed by atoms with Crippen molar-refractivity contribution in [3.8, 4) is 0 Å². The van der Waals surface area contributed by atoms with E-state index >= 15 is 0 Å². The van der Waals surface area contributed by atoms with Crippen LogP contribution in [0.4, 0.5) is 5.69 Å². The molecule has 3 rings (SSSR count). The molecule has 2 aromatic carbocycles. The fourth-order valence-electron chi connectivity index (χ4n) is 2.37. The first-order chi connectivity index (χ1) is 11.0. The van der Waals surface area contributed by atoms with Gasteiger partial charge in [0.05, 0.1) is 15.5 Å². The van der Waals surface area contributed by atoms with Gasteiger partial charge in [0.1, 0.15) is 0 Å². The third-order valence-corrected chi connectivity index (χ3v) is 3.64. The minimum atomic E-state index is -1.11. The summed E-state index contributed by atoms with van der Waals surface area (Å²) >= 11 is 6.05. The molecule has 8 nitrogen and oxygen atoms in total. The predicted molar refractivity (Wildman–Crippen MR) is 79.7 cm³/mol. The van der Waals surface area contributed by atoms with Gasteiger partial charge < -0.3 is 5.11 Å². The number of nitro benzene ring substituents is 1. The van der Waals surface area contributed by atoms with Crippen molar-refractivity contribution in [1.29, 1.82) is 0 Å². The van der Waals surface area contributed by atoms with Crippen LogP contribution in [0.3, 0.4) is 0 Å². The van der Waals surface area contributed by atoms with Crippen LogP contribution in [0.15, 0.2) is 35.0 Å². The molecule has 116 valence electrons. The van der Waals surface area contributed by atoms with Crippen molar-refractivity contribution in [2.24, 2.45) is 0 Å². The van der Waals surface area contributed by atoms with E-state index in [-0.39, 0.29) is 39.3 Å². The van der Waals surface area contributed by atoms with Crippen LogP contribution < -0.4 is 0 Å². The minimum Gasteiger partial charge on any atom is -0.478 e. The van der Waals surface area contributed by atoms with E-state index in [0.717, 1.165) is 0 Å². The molecule has 3 aromatic rings. The molecule has 0 saturated heterocycles. The monoisotopic (exact) mass is 333 g/mol. The molecule has 1 N–H and O–H groups in total. The van der Waals surface area contributed by atoms with E-state index < -0.39 is 10.9 Å². The van der Waals surface area contributed by atoms with Gasteiger partial charge in [-0.15, -0.1) is 0 Å². The largest absolute Gasteiger partial charge is 0.478 e. The number of rotatable bonds is 4. The molecule has 0 aliphatic heterocycles. The molecule has 0 spiro atoms. The number of aromatic carboxylic acids is 1. The number of nitro groups is 1. The predicted octanol–water partition coefficient (Wildman–Crippen LogP) is 3.07. The van der Waals surface area contributed by atoms with Gasteiger partial charge in [-0.3, -0.25) is 10.1 Å². The second-order valence-electron chi connectivity index (χ2n) is 4.72. The van der Waals surface area contributed by atoms with Crippen LogP contribution in [-0.4, -0.2) is 26.3 Å². The molecule has 0 amide bonds. The highest BCUT2D eigenvalue weighted by molar-refractivity contribution is 6.35. The Labute approximate surface area is 133 Å². The number of carboxylic acid groups (broad SMARTS) is 1. The van der Waals surface area contributed by atoms with Gasteiger partial charge in [0.15, 0.2) is 5.52 Å². The fraction of sp³-hybridized carbons (Fsp3) is 0.0714. The molecular formula is C14H8ClN3O5. The van der Waals surface area contributed by atoms with Gasteiger partial charge in [-0.05, 0) is 28.0 Å². The lowest BCUT2D eigenvalue weighted by Gasteiger charge is -2.07. The van der Waals surface area contributed by atoms with E-state index in [0.29, 0.717) is 5.56 Å². The Morgan fingerprint density at radius 2 is 1.96 bits per heavy atom. The van der Waals surface area contributed by atoms with Crippen LogP contribution in [0.25, 0.3) is 11.0 Å². The van der Waals surface area contributed by atoms with Crippen molar-refractivity contribution in [2.45, 2.75) is 6.42 Å². The molecule has 0 atom stereocenters. The lowest BCUT2D eigenvalue weighted by Crippen LogP contribution is -2.04. The molecule has 1 aromatic heterocycles. The molecule has 0 fully saturated rings. The standard InChI is InChI=1S/C14H8ClN3O5/c15-10-6-8(5-7-3-1-2-4-9(7)14(19)20)13(18(21)22)12-11(10)16-23-17-12/h1-4,6H,5H2,(H,19,20). The SMILES string of the molecule is O=C(O)c1ccccc1Cc1cc(Cl)c2nonc2c1[N+](=O)[O-]. The zero-order valence-electron chi connectivity index (χ0n) is 11.4. The van der Waals surface area contributed by atoms with E-state index in [4.69, 9.17) is 11.6 Å². The molecule has 0 aliphatic carbocycles. The molecule has 9 heteroatoms. The molecule has 0 saturated carbocycles. The van der Waals surface area contributed by atoms with Gasteiger partial charge in [-0.1, -0.05) is 29.8 Å². The van der Waals surface area contributed by atoms with E-state index in [2.05, 4.69) is 14.9 Å². The smallest absolute Gasteiger partial charge is 0.335 e. The van der Waals surface area contributed by atoms with Crippen molar-refractivity contribution in [2.75, 3.05) is 0 Å². The maximum Gasteiger partial charge on any atom is 0.335 e. The van der Waals surface area contributed by atoms with Gasteiger partial charge in [-0.2, -0.15) is 0 Å². The lowest BCUT2D eigenvalue weighted by atomic mass is 9.98. The van der Waals surface area contributed by atoms with E-state index in [1.165, 1.54) is 12.1 Å². The van der Waals surface area contributed by atoms with Crippen molar-refractivity contribution in [3.05, 3.63) is 62.2 Å². The Morgan fingerprint density at radius 3 is 2.65 bits per heavy atom. The van der Waals surface area contributed by atoms with E-state index in [1.54, 1.807) is 18.2 Å².